The van der Waals surface area contributed by atoms with Crippen LogP contribution in [0.2, 0.25) is 0 Å². The van der Waals surface area contributed by atoms with E-state index >= 15 is 0 Å². The molecule has 0 unspecified atom stereocenters. The van der Waals surface area contributed by atoms with Gasteiger partial charge in [0.2, 0.25) is 0 Å². The van der Waals surface area contributed by atoms with Gasteiger partial charge in [-0.25, -0.2) is 9.78 Å². The second-order valence-corrected chi connectivity index (χ2v) is 10.8. The van der Waals surface area contributed by atoms with Crippen LogP contribution >= 0.6 is 11.8 Å². The fourth-order valence-corrected chi connectivity index (χ4v) is 5.27. The molecule has 1 amide bonds. The van der Waals surface area contributed by atoms with E-state index in [1.54, 1.807) is 17.8 Å². The quantitative estimate of drug-likeness (QED) is 0.165. The monoisotopic (exact) mass is 564 g/mol. The number of imidazole rings is 1. The maximum atomic E-state index is 13.3. The third kappa shape index (κ3) is 6.96. The number of amides is 1. The Balaban J connectivity index is 1.34. The molecule has 0 aliphatic carbocycles. The summed E-state index contributed by atoms with van der Waals surface area (Å²) in [7, 11) is 0. The SMILES string of the molecule is CSCC[C@H](NC(=O)c1ccc(NCc2cncn2Cc2ccc3ccccc3c2)cc1-c1ccccc1)C(=O)O. The summed E-state index contributed by atoms with van der Waals surface area (Å²) in [6.45, 7) is 1.25. The van der Waals surface area contributed by atoms with Crippen LogP contribution in [0.3, 0.4) is 0 Å². The number of fused-ring (bicyclic) bond motifs is 1. The number of aliphatic carboxylic acids is 1. The van der Waals surface area contributed by atoms with Gasteiger partial charge in [-0.1, -0.05) is 66.7 Å². The second-order valence-electron chi connectivity index (χ2n) is 9.82. The van der Waals surface area contributed by atoms with Crippen molar-refractivity contribution in [1.82, 2.24) is 14.9 Å². The highest BCUT2D eigenvalue weighted by molar-refractivity contribution is 7.98. The van der Waals surface area contributed by atoms with Crippen molar-refractivity contribution in [3.05, 3.63) is 120 Å². The number of carboxylic acid groups (broad SMARTS) is 1. The van der Waals surface area contributed by atoms with Crippen LogP contribution in [-0.4, -0.2) is 44.6 Å². The van der Waals surface area contributed by atoms with Crippen molar-refractivity contribution in [3.63, 3.8) is 0 Å². The summed E-state index contributed by atoms with van der Waals surface area (Å²) in [5.41, 5.74) is 5.10. The van der Waals surface area contributed by atoms with Gasteiger partial charge in [0.05, 0.1) is 18.6 Å². The first-order valence-corrected chi connectivity index (χ1v) is 14.8. The Morgan fingerprint density at radius 3 is 2.51 bits per heavy atom. The lowest BCUT2D eigenvalue weighted by Crippen LogP contribution is -2.41. The highest BCUT2D eigenvalue weighted by Gasteiger charge is 2.22. The number of nitrogens with one attached hydrogen (secondary N) is 2. The summed E-state index contributed by atoms with van der Waals surface area (Å²) in [5, 5.41) is 18.2. The zero-order valence-electron chi connectivity index (χ0n) is 22.8. The van der Waals surface area contributed by atoms with Crippen LogP contribution in [0.1, 0.15) is 28.0 Å². The fraction of sp³-hybridized carbons (Fsp3) is 0.182. The van der Waals surface area contributed by atoms with E-state index in [1.807, 2.05) is 73.4 Å². The Kier molecular flexibility index (Phi) is 9.01. The fourth-order valence-electron chi connectivity index (χ4n) is 4.80. The lowest BCUT2D eigenvalue weighted by molar-refractivity contribution is -0.139. The molecule has 0 saturated heterocycles. The lowest BCUT2D eigenvalue weighted by atomic mass is 9.98. The Morgan fingerprint density at radius 1 is 0.951 bits per heavy atom. The minimum Gasteiger partial charge on any atom is -0.480 e. The molecule has 7 nitrogen and oxygen atoms in total. The summed E-state index contributed by atoms with van der Waals surface area (Å²) < 4.78 is 2.12. The third-order valence-corrected chi connectivity index (χ3v) is 7.65. The van der Waals surface area contributed by atoms with Crippen molar-refractivity contribution in [2.45, 2.75) is 25.6 Å². The van der Waals surface area contributed by atoms with Gasteiger partial charge in [0.15, 0.2) is 0 Å². The number of carbonyl (C=O) groups is 2. The van der Waals surface area contributed by atoms with Crippen molar-refractivity contribution >= 4 is 40.1 Å². The Hall–Kier alpha value is -4.56. The molecule has 3 N–H and O–H groups in total. The summed E-state index contributed by atoms with van der Waals surface area (Å²) in [5.74, 6) is -0.798. The van der Waals surface area contributed by atoms with Gasteiger partial charge >= 0.3 is 5.97 Å². The molecular formula is C33H32N4O3S. The van der Waals surface area contributed by atoms with Crippen LogP contribution in [-0.2, 0) is 17.9 Å². The first-order chi connectivity index (χ1) is 20.0. The van der Waals surface area contributed by atoms with E-state index < -0.39 is 17.9 Å². The highest BCUT2D eigenvalue weighted by Crippen LogP contribution is 2.28. The van der Waals surface area contributed by atoms with Gasteiger partial charge in [0.25, 0.3) is 5.91 Å². The van der Waals surface area contributed by atoms with Crippen LogP contribution in [0.4, 0.5) is 5.69 Å². The van der Waals surface area contributed by atoms with E-state index in [0.29, 0.717) is 30.8 Å². The molecule has 0 radical (unpaired) electrons. The second kappa shape index (κ2) is 13.2. The average molecular weight is 565 g/mol. The number of thioether (sulfide) groups is 1. The zero-order valence-corrected chi connectivity index (χ0v) is 23.6. The predicted molar refractivity (Wildman–Crippen MR) is 166 cm³/mol. The van der Waals surface area contributed by atoms with Crippen molar-refractivity contribution < 1.29 is 14.7 Å². The molecule has 0 aliphatic rings. The summed E-state index contributed by atoms with van der Waals surface area (Å²) >= 11 is 1.55. The standard InChI is InChI=1S/C33H32N4O3S/c1-41-16-15-31(33(39)40)36-32(38)29-14-13-27(18-30(29)25-8-3-2-4-9-25)35-20-28-19-34-22-37(28)21-23-11-12-24-7-5-6-10-26(24)17-23/h2-14,17-19,22,31,35H,15-16,20-21H2,1H3,(H,36,38)(H,39,40)/t31-/m0/s1. The number of benzene rings is 4. The lowest BCUT2D eigenvalue weighted by Gasteiger charge is -2.17. The minimum atomic E-state index is -1.03. The molecule has 1 aromatic heterocycles. The van der Waals surface area contributed by atoms with Crippen LogP contribution in [0, 0.1) is 0 Å². The maximum absolute atomic E-state index is 13.3. The average Bonchev–Trinajstić information content (AvgIpc) is 3.44. The molecular weight excluding hydrogens is 532 g/mol. The van der Waals surface area contributed by atoms with E-state index in [2.05, 4.69) is 50.5 Å². The normalized spacial score (nSPS) is 11.7. The van der Waals surface area contributed by atoms with E-state index in [9.17, 15) is 14.7 Å². The largest absolute Gasteiger partial charge is 0.480 e. The number of hydrogen-bond acceptors (Lipinski definition) is 5. The highest BCUT2D eigenvalue weighted by atomic mass is 32.2. The molecule has 8 heteroatoms. The molecule has 41 heavy (non-hydrogen) atoms. The van der Waals surface area contributed by atoms with Gasteiger partial charge in [0, 0.05) is 24.0 Å². The van der Waals surface area contributed by atoms with Crippen LogP contribution < -0.4 is 10.6 Å². The van der Waals surface area contributed by atoms with E-state index in [1.165, 1.54) is 16.3 Å². The summed E-state index contributed by atoms with van der Waals surface area (Å²) in [6.07, 6.45) is 5.96. The molecule has 5 aromatic rings. The number of hydrogen-bond donors (Lipinski definition) is 3. The summed E-state index contributed by atoms with van der Waals surface area (Å²) in [4.78, 5) is 29.4. The predicted octanol–water partition coefficient (Wildman–Crippen LogP) is 6.30. The molecule has 0 aliphatic heterocycles. The van der Waals surface area contributed by atoms with Gasteiger partial charge in [-0.3, -0.25) is 4.79 Å². The first-order valence-electron chi connectivity index (χ1n) is 13.4. The number of nitrogens with zero attached hydrogens (tertiary/aromatic N) is 2. The molecule has 0 saturated carbocycles. The first kappa shape index (κ1) is 28.0. The van der Waals surface area contributed by atoms with Gasteiger partial charge in [-0.05, 0) is 70.2 Å². The molecule has 4 aromatic carbocycles. The number of aromatic nitrogens is 2. The van der Waals surface area contributed by atoms with E-state index in [-0.39, 0.29) is 0 Å². The Morgan fingerprint density at radius 2 is 1.73 bits per heavy atom. The van der Waals surface area contributed by atoms with Crippen molar-refractivity contribution in [1.29, 1.82) is 0 Å². The van der Waals surface area contributed by atoms with Gasteiger partial charge in [-0.15, -0.1) is 0 Å². The molecule has 0 spiro atoms. The number of rotatable bonds is 12. The number of carbonyl (C=O) groups excluding carboxylic acids is 1. The molecule has 1 heterocycles. The van der Waals surface area contributed by atoms with E-state index in [4.69, 9.17) is 0 Å². The summed E-state index contributed by atoms with van der Waals surface area (Å²) in [6, 6.07) is 29.1. The third-order valence-electron chi connectivity index (χ3n) is 7.00. The smallest absolute Gasteiger partial charge is 0.326 e. The Bertz CT molecular complexity index is 1650. The van der Waals surface area contributed by atoms with Gasteiger partial charge in [0.1, 0.15) is 6.04 Å². The molecule has 1 atom stereocenters. The van der Waals surface area contributed by atoms with Crippen molar-refractivity contribution in [2.75, 3.05) is 17.3 Å². The minimum absolute atomic E-state index is 0.357. The molecule has 208 valence electrons. The molecule has 0 fully saturated rings. The molecule has 5 rings (SSSR count). The van der Waals surface area contributed by atoms with Crippen molar-refractivity contribution in [2.24, 2.45) is 0 Å². The topological polar surface area (TPSA) is 96.3 Å². The van der Waals surface area contributed by atoms with Crippen LogP contribution in [0.15, 0.2) is 104 Å². The zero-order chi connectivity index (χ0) is 28.6. The maximum Gasteiger partial charge on any atom is 0.326 e. The molecule has 0 bridgehead atoms. The van der Waals surface area contributed by atoms with Gasteiger partial charge in [-0.2, -0.15) is 11.8 Å². The Labute approximate surface area is 243 Å². The van der Waals surface area contributed by atoms with Crippen LogP contribution in [0.5, 0.6) is 0 Å². The number of carboxylic acids is 1. The van der Waals surface area contributed by atoms with Crippen LogP contribution in [0.25, 0.3) is 21.9 Å². The van der Waals surface area contributed by atoms with Gasteiger partial charge < -0.3 is 20.3 Å². The number of anilines is 1. The van der Waals surface area contributed by atoms with E-state index in [0.717, 1.165) is 22.5 Å². The van der Waals surface area contributed by atoms with Crippen molar-refractivity contribution in [3.8, 4) is 11.1 Å².